The third-order valence-electron chi connectivity index (χ3n) is 4.50. The molecule has 0 atom stereocenters. The molecule has 2 N–H and O–H groups in total. The average molecular weight is 462 g/mol. The van der Waals surface area contributed by atoms with Gasteiger partial charge in [0.05, 0.1) is 25.2 Å². The van der Waals surface area contributed by atoms with E-state index in [0.29, 0.717) is 32.0 Å². The largest absolute Gasteiger partial charge is 0.497 e. The fraction of sp³-hybridized carbons (Fsp3) is 0.238. The van der Waals surface area contributed by atoms with E-state index in [4.69, 9.17) is 21.7 Å². The number of nitrogens with one attached hydrogen (secondary N) is 2. The molecule has 1 saturated heterocycles. The molecule has 1 aliphatic heterocycles. The molecule has 8 nitrogen and oxygen atoms in total. The first kappa shape index (κ1) is 22.9. The lowest BCUT2D eigenvalue weighted by molar-refractivity contribution is -0.115. The van der Waals surface area contributed by atoms with Crippen LogP contribution in [-0.4, -0.2) is 57.2 Å². The molecule has 0 radical (unpaired) electrons. The third-order valence-corrected chi connectivity index (χ3v) is 6.62. The number of hydrogen-bond donors (Lipinski definition) is 2. The summed E-state index contributed by atoms with van der Waals surface area (Å²) in [5, 5.41) is 5.52. The summed E-state index contributed by atoms with van der Waals surface area (Å²) in [5.74, 6) is 0.343. The van der Waals surface area contributed by atoms with E-state index in [2.05, 4.69) is 10.6 Å². The zero-order valence-electron chi connectivity index (χ0n) is 16.9. The number of rotatable bonds is 6. The molecule has 1 fully saturated rings. The van der Waals surface area contributed by atoms with Crippen molar-refractivity contribution >= 4 is 45.0 Å². The summed E-state index contributed by atoms with van der Waals surface area (Å²) in [6.45, 7) is 1.45. The van der Waals surface area contributed by atoms with E-state index in [1.54, 1.807) is 37.5 Å². The zero-order chi connectivity index (χ0) is 22.3. The Bertz CT molecular complexity index is 1050. The van der Waals surface area contributed by atoms with Gasteiger partial charge in [0.15, 0.2) is 5.11 Å². The first-order chi connectivity index (χ1) is 14.9. The van der Waals surface area contributed by atoms with Crippen molar-refractivity contribution in [2.45, 2.75) is 4.90 Å². The van der Waals surface area contributed by atoms with Gasteiger partial charge in [-0.3, -0.25) is 10.1 Å². The number of ether oxygens (including phenoxy) is 2. The van der Waals surface area contributed by atoms with E-state index in [0.717, 1.165) is 11.3 Å². The standard InChI is InChI=1S/C21H23N3O5S2/c1-28-18-7-2-16(3-8-18)4-11-20(25)23-21(30)22-17-5-9-19(10-6-17)31(26,27)24-12-14-29-15-13-24/h2-11H,12-15H2,1H3,(H2,22,23,25,30)/b11-4+. The number of nitrogens with zero attached hydrogens (tertiary/aromatic N) is 1. The summed E-state index contributed by atoms with van der Waals surface area (Å²) < 4.78 is 37.0. The molecular formula is C21H23N3O5S2. The summed E-state index contributed by atoms with van der Waals surface area (Å²) in [5.41, 5.74) is 1.40. The Balaban J connectivity index is 1.54. The first-order valence-corrected chi connectivity index (χ1v) is 11.4. The van der Waals surface area contributed by atoms with Gasteiger partial charge < -0.3 is 14.8 Å². The molecule has 1 aliphatic rings. The SMILES string of the molecule is COc1ccc(/C=C/C(=O)NC(=S)Nc2ccc(S(=O)(=O)N3CCOCC3)cc2)cc1. The zero-order valence-corrected chi connectivity index (χ0v) is 18.5. The van der Waals surface area contributed by atoms with Crippen LogP contribution in [0.4, 0.5) is 5.69 Å². The molecule has 0 spiro atoms. The van der Waals surface area contributed by atoms with Crippen molar-refractivity contribution in [3.05, 3.63) is 60.2 Å². The van der Waals surface area contributed by atoms with Crippen molar-refractivity contribution in [3.63, 3.8) is 0 Å². The fourth-order valence-corrected chi connectivity index (χ4v) is 4.48. The molecule has 0 unspecified atom stereocenters. The van der Waals surface area contributed by atoms with Crippen molar-refractivity contribution < 1.29 is 22.7 Å². The molecule has 1 heterocycles. The molecule has 10 heteroatoms. The van der Waals surface area contributed by atoms with Gasteiger partial charge in [-0.15, -0.1) is 0 Å². The van der Waals surface area contributed by atoms with E-state index < -0.39 is 10.0 Å². The van der Waals surface area contributed by atoms with Crippen molar-refractivity contribution in [2.75, 3.05) is 38.7 Å². The smallest absolute Gasteiger partial charge is 0.250 e. The van der Waals surface area contributed by atoms with Gasteiger partial charge >= 0.3 is 0 Å². The van der Waals surface area contributed by atoms with Gasteiger partial charge in [0.25, 0.3) is 0 Å². The van der Waals surface area contributed by atoms with Gasteiger partial charge in [-0.25, -0.2) is 8.42 Å². The number of anilines is 1. The Hall–Kier alpha value is -2.79. The van der Waals surface area contributed by atoms with E-state index in [1.165, 1.54) is 22.5 Å². The van der Waals surface area contributed by atoms with Crippen LogP contribution < -0.4 is 15.4 Å². The van der Waals surface area contributed by atoms with Crippen LogP contribution in [-0.2, 0) is 19.6 Å². The number of methoxy groups -OCH3 is 1. The van der Waals surface area contributed by atoms with Gasteiger partial charge in [-0.1, -0.05) is 12.1 Å². The monoisotopic (exact) mass is 461 g/mol. The molecular weight excluding hydrogens is 438 g/mol. The maximum Gasteiger partial charge on any atom is 0.250 e. The van der Waals surface area contributed by atoms with Crippen molar-refractivity contribution in [2.24, 2.45) is 0 Å². The Morgan fingerprint density at radius 3 is 2.35 bits per heavy atom. The molecule has 31 heavy (non-hydrogen) atoms. The summed E-state index contributed by atoms with van der Waals surface area (Å²) in [6.07, 6.45) is 3.02. The third kappa shape index (κ3) is 6.34. The van der Waals surface area contributed by atoms with Crippen LogP contribution in [0.25, 0.3) is 6.08 Å². The quantitative estimate of drug-likeness (QED) is 0.503. The highest BCUT2D eigenvalue weighted by atomic mass is 32.2. The molecule has 3 rings (SSSR count). The molecule has 2 aromatic carbocycles. The highest BCUT2D eigenvalue weighted by Gasteiger charge is 2.26. The maximum absolute atomic E-state index is 12.6. The van der Waals surface area contributed by atoms with Gasteiger partial charge in [-0.05, 0) is 60.3 Å². The molecule has 1 amide bonds. The van der Waals surface area contributed by atoms with Gasteiger partial charge in [0, 0.05) is 24.9 Å². The second kappa shape index (κ2) is 10.5. The van der Waals surface area contributed by atoms with Crippen LogP contribution in [0, 0.1) is 0 Å². The number of sulfonamides is 1. The van der Waals surface area contributed by atoms with Crippen molar-refractivity contribution in [3.8, 4) is 5.75 Å². The van der Waals surface area contributed by atoms with Gasteiger partial charge in [0.2, 0.25) is 15.9 Å². The molecule has 0 aliphatic carbocycles. The van der Waals surface area contributed by atoms with Crippen LogP contribution in [0.5, 0.6) is 5.75 Å². The lowest BCUT2D eigenvalue weighted by Gasteiger charge is -2.26. The fourth-order valence-electron chi connectivity index (χ4n) is 2.85. The second-order valence-corrected chi connectivity index (χ2v) is 8.94. The highest BCUT2D eigenvalue weighted by Crippen LogP contribution is 2.19. The number of hydrogen-bond acceptors (Lipinski definition) is 6. The summed E-state index contributed by atoms with van der Waals surface area (Å²) >= 11 is 5.15. The number of thiocarbonyl (C=S) groups is 1. The first-order valence-electron chi connectivity index (χ1n) is 9.50. The number of carbonyl (C=O) groups excluding carboxylic acids is 1. The van der Waals surface area contributed by atoms with Crippen LogP contribution >= 0.6 is 12.2 Å². The minimum absolute atomic E-state index is 0.105. The molecule has 164 valence electrons. The molecule has 0 bridgehead atoms. The Labute approximate surface area is 186 Å². The predicted molar refractivity (Wildman–Crippen MR) is 122 cm³/mol. The van der Waals surface area contributed by atoms with Crippen LogP contribution in [0.1, 0.15) is 5.56 Å². The minimum Gasteiger partial charge on any atom is -0.497 e. The lowest BCUT2D eigenvalue weighted by atomic mass is 10.2. The maximum atomic E-state index is 12.6. The average Bonchev–Trinajstić information content (AvgIpc) is 2.79. The molecule has 0 aromatic heterocycles. The van der Waals surface area contributed by atoms with E-state index in [-0.39, 0.29) is 15.9 Å². The Morgan fingerprint density at radius 1 is 1.10 bits per heavy atom. The van der Waals surface area contributed by atoms with Crippen LogP contribution in [0.3, 0.4) is 0 Å². The molecule has 2 aromatic rings. The van der Waals surface area contributed by atoms with Crippen LogP contribution in [0.15, 0.2) is 59.5 Å². The topological polar surface area (TPSA) is 97.0 Å². The Morgan fingerprint density at radius 2 is 1.74 bits per heavy atom. The van der Waals surface area contributed by atoms with E-state index in [1.807, 2.05) is 12.1 Å². The van der Waals surface area contributed by atoms with Crippen molar-refractivity contribution in [1.82, 2.24) is 9.62 Å². The number of morpholine rings is 1. The minimum atomic E-state index is -3.56. The summed E-state index contributed by atoms with van der Waals surface area (Å²) in [4.78, 5) is 12.2. The van der Waals surface area contributed by atoms with Gasteiger partial charge in [-0.2, -0.15) is 4.31 Å². The van der Waals surface area contributed by atoms with Crippen molar-refractivity contribution in [1.29, 1.82) is 0 Å². The normalized spacial score (nSPS) is 14.9. The number of carbonyl (C=O) groups is 1. The second-order valence-electron chi connectivity index (χ2n) is 6.59. The van der Waals surface area contributed by atoms with Gasteiger partial charge in [0.1, 0.15) is 5.75 Å². The van der Waals surface area contributed by atoms with Crippen LogP contribution in [0.2, 0.25) is 0 Å². The molecule has 0 saturated carbocycles. The summed E-state index contributed by atoms with van der Waals surface area (Å²) in [6, 6.07) is 13.4. The van der Waals surface area contributed by atoms with E-state index >= 15 is 0 Å². The lowest BCUT2D eigenvalue weighted by Crippen LogP contribution is -2.40. The number of benzene rings is 2. The Kier molecular flexibility index (Phi) is 7.75. The predicted octanol–water partition coefficient (Wildman–Crippen LogP) is 2.24. The van der Waals surface area contributed by atoms with E-state index in [9.17, 15) is 13.2 Å². The highest BCUT2D eigenvalue weighted by molar-refractivity contribution is 7.89. The summed E-state index contributed by atoms with van der Waals surface area (Å²) in [7, 11) is -1.97. The number of amides is 1.